The van der Waals surface area contributed by atoms with Gasteiger partial charge in [0.05, 0.1) is 18.1 Å². The van der Waals surface area contributed by atoms with Crippen molar-refractivity contribution < 1.29 is 8.42 Å². The first kappa shape index (κ1) is 9.41. The molecule has 1 aromatic heterocycles. The Morgan fingerprint density at radius 1 is 1.42 bits per heavy atom. The third-order valence-corrected chi connectivity index (χ3v) is 3.22. The molecule has 0 fully saturated rings. The van der Waals surface area contributed by atoms with Crippen LogP contribution in [0.5, 0.6) is 0 Å². The second kappa shape index (κ2) is 3.37. The Balaban J connectivity index is 3.14. The second-order valence-electron chi connectivity index (χ2n) is 2.09. The fourth-order valence-corrected chi connectivity index (χ4v) is 1.49. The summed E-state index contributed by atoms with van der Waals surface area (Å²) in [6.07, 6.45) is 2.41. The topological polar surface area (TPSA) is 59.9 Å². The van der Waals surface area contributed by atoms with E-state index in [-0.39, 0.29) is 15.9 Å². The van der Waals surface area contributed by atoms with Crippen LogP contribution in [-0.4, -0.2) is 24.1 Å². The van der Waals surface area contributed by atoms with Gasteiger partial charge in [-0.3, -0.25) is 0 Å². The molecule has 0 saturated carbocycles. The molecule has 0 saturated heterocycles. The largest absolute Gasteiger partial charge is 0.225 e. The number of nitrogens with zero attached hydrogens (tertiary/aromatic N) is 2. The molecule has 1 rings (SSSR count). The summed E-state index contributed by atoms with van der Waals surface area (Å²) in [6.45, 7) is 1.56. The Morgan fingerprint density at radius 3 is 2.33 bits per heavy atom. The van der Waals surface area contributed by atoms with Gasteiger partial charge in [-0.15, -0.1) is 0 Å². The number of sulfone groups is 1. The molecule has 0 bridgehead atoms. The fraction of sp³-hybridized carbons (Fsp3) is 0.333. The van der Waals surface area contributed by atoms with Gasteiger partial charge in [0.15, 0.2) is 9.84 Å². The van der Waals surface area contributed by atoms with Gasteiger partial charge in [-0.05, 0) is 11.6 Å². The van der Waals surface area contributed by atoms with Crippen LogP contribution in [0.2, 0.25) is 5.28 Å². The van der Waals surface area contributed by atoms with Gasteiger partial charge in [0.1, 0.15) is 4.90 Å². The van der Waals surface area contributed by atoms with Crippen LogP contribution in [0.25, 0.3) is 0 Å². The Bertz CT molecular complexity index is 360. The van der Waals surface area contributed by atoms with Crippen LogP contribution >= 0.6 is 11.6 Å². The van der Waals surface area contributed by atoms with E-state index in [4.69, 9.17) is 11.6 Å². The second-order valence-corrected chi connectivity index (χ2v) is 4.71. The molecule has 1 heterocycles. The third-order valence-electron chi connectivity index (χ3n) is 1.34. The fourth-order valence-electron chi connectivity index (χ4n) is 0.628. The van der Waals surface area contributed by atoms with Crippen molar-refractivity contribution in [2.75, 3.05) is 5.75 Å². The van der Waals surface area contributed by atoms with Crippen LogP contribution in [0.4, 0.5) is 0 Å². The predicted molar refractivity (Wildman–Crippen MR) is 44.8 cm³/mol. The lowest BCUT2D eigenvalue weighted by molar-refractivity contribution is 0.596. The summed E-state index contributed by atoms with van der Waals surface area (Å²) in [6, 6.07) is 0. The molecular weight excluding hydrogens is 200 g/mol. The highest BCUT2D eigenvalue weighted by Crippen LogP contribution is 2.08. The van der Waals surface area contributed by atoms with Crippen molar-refractivity contribution in [1.29, 1.82) is 0 Å². The van der Waals surface area contributed by atoms with Gasteiger partial charge in [0, 0.05) is 0 Å². The summed E-state index contributed by atoms with van der Waals surface area (Å²) in [5, 5.41) is 0.0463. The molecule has 0 aliphatic carbocycles. The summed E-state index contributed by atoms with van der Waals surface area (Å²) in [5.74, 6) is 0.0397. The molecule has 0 aliphatic heterocycles. The van der Waals surface area contributed by atoms with Crippen LogP contribution in [0.3, 0.4) is 0 Å². The van der Waals surface area contributed by atoms with Gasteiger partial charge < -0.3 is 0 Å². The maximum absolute atomic E-state index is 11.2. The van der Waals surface area contributed by atoms with Crippen molar-refractivity contribution in [2.45, 2.75) is 11.8 Å². The zero-order valence-corrected chi connectivity index (χ0v) is 7.93. The maximum Gasteiger partial charge on any atom is 0.222 e. The number of halogens is 1. The SMILES string of the molecule is CCS(=O)(=O)c1cnc(Cl)nc1. The maximum atomic E-state index is 11.2. The van der Waals surface area contributed by atoms with E-state index in [9.17, 15) is 8.42 Å². The Morgan fingerprint density at radius 2 is 1.92 bits per heavy atom. The summed E-state index contributed by atoms with van der Waals surface area (Å²) in [5.41, 5.74) is 0. The van der Waals surface area contributed by atoms with Gasteiger partial charge in [-0.1, -0.05) is 6.92 Å². The van der Waals surface area contributed by atoms with Crippen LogP contribution < -0.4 is 0 Å². The molecule has 0 spiro atoms. The van der Waals surface area contributed by atoms with E-state index in [2.05, 4.69) is 9.97 Å². The van der Waals surface area contributed by atoms with Gasteiger partial charge in [0.25, 0.3) is 0 Å². The minimum atomic E-state index is -3.20. The smallest absolute Gasteiger partial charge is 0.222 e. The summed E-state index contributed by atoms with van der Waals surface area (Å²) in [7, 11) is -3.20. The highest BCUT2D eigenvalue weighted by Gasteiger charge is 2.11. The Kier molecular flexibility index (Phi) is 2.64. The molecule has 0 amide bonds. The van der Waals surface area contributed by atoms with Crippen LogP contribution in [0.1, 0.15) is 6.92 Å². The summed E-state index contributed by atoms with van der Waals surface area (Å²) in [4.78, 5) is 7.24. The molecule has 0 aromatic carbocycles. The highest BCUT2D eigenvalue weighted by atomic mass is 35.5. The van der Waals surface area contributed by atoms with E-state index in [0.717, 1.165) is 0 Å². The number of hydrogen-bond donors (Lipinski definition) is 0. The predicted octanol–water partition coefficient (Wildman–Crippen LogP) is 0.924. The quantitative estimate of drug-likeness (QED) is 0.676. The molecule has 6 heteroatoms. The average molecular weight is 207 g/mol. The van der Waals surface area contributed by atoms with Gasteiger partial charge in [-0.2, -0.15) is 0 Å². The van der Waals surface area contributed by atoms with E-state index in [1.165, 1.54) is 12.4 Å². The number of hydrogen-bond acceptors (Lipinski definition) is 4. The van der Waals surface area contributed by atoms with Crippen molar-refractivity contribution in [3.63, 3.8) is 0 Å². The average Bonchev–Trinajstić information content (AvgIpc) is 2.05. The molecule has 66 valence electrons. The van der Waals surface area contributed by atoms with Gasteiger partial charge in [0.2, 0.25) is 5.28 Å². The molecule has 0 unspecified atom stereocenters. The third kappa shape index (κ3) is 1.92. The standard InChI is InChI=1S/C6H7ClN2O2S/c1-2-12(10,11)5-3-8-6(7)9-4-5/h3-4H,2H2,1H3. The first-order valence-electron chi connectivity index (χ1n) is 3.26. The first-order valence-corrected chi connectivity index (χ1v) is 5.29. The Hall–Kier alpha value is -0.680. The van der Waals surface area contributed by atoms with Crippen LogP contribution in [-0.2, 0) is 9.84 Å². The number of rotatable bonds is 2. The van der Waals surface area contributed by atoms with E-state index in [1.54, 1.807) is 6.92 Å². The van der Waals surface area contributed by atoms with E-state index in [1.807, 2.05) is 0 Å². The lowest BCUT2D eigenvalue weighted by Crippen LogP contribution is -2.04. The Labute approximate surface area is 75.5 Å². The molecule has 12 heavy (non-hydrogen) atoms. The zero-order chi connectivity index (χ0) is 9.19. The molecule has 0 N–H and O–H groups in total. The molecule has 1 aromatic rings. The molecule has 0 aliphatic rings. The highest BCUT2D eigenvalue weighted by molar-refractivity contribution is 7.91. The van der Waals surface area contributed by atoms with Crippen LogP contribution in [0.15, 0.2) is 17.3 Å². The first-order chi connectivity index (χ1) is 5.56. The van der Waals surface area contributed by atoms with E-state index >= 15 is 0 Å². The van der Waals surface area contributed by atoms with Crippen molar-refractivity contribution in [3.8, 4) is 0 Å². The van der Waals surface area contributed by atoms with Crippen molar-refractivity contribution >= 4 is 21.4 Å². The minimum absolute atomic E-state index is 0.0397. The molecule has 0 radical (unpaired) electrons. The lowest BCUT2D eigenvalue weighted by atomic mass is 10.7. The monoisotopic (exact) mass is 206 g/mol. The normalized spacial score (nSPS) is 11.5. The molecule has 4 nitrogen and oxygen atoms in total. The van der Waals surface area contributed by atoms with Crippen LogP contribution in [0, 0.1) is 0 Å². The number of aromatic nitrogens is 2. The lowest BCUT2D eigenvalue weighted by Gasteiger charge is -1.98. The summed E-state index contributed by atoms with van der Waals surface area (Å²) >= 11 is 5.39. The summed E-state index contributed by atoms with van der Waals surface area (Å²) < 4.78 is 22.4. The van der Waals surface area contributed by atoms with Crippen molar-refractivity contribution in [2.24, 2.45) is 0 Å². The van der Waals surface area contributed by atoms with Gasteiger partial charge >= 0.3 is 0 Å². The van der Waals surface area contributed by atoms with Crippen molar-refractivity contribution in [1.82, 2.24) is 9.97 Å². The van der Waals surface area contributed by atoms with Crippen molar-refractivity contribution in [3.05, 3.63) is 17.7 Å². The van der Waals surface area contributed by atoms with E-state index < -0.39 is 9.84 Å². The van der Waals surface area contributed by atoms with Gasteiger partial charge in [-0.25, -0.2) is 18.4 Å². The molecule has 0 atom stereocenters. The van der Waals surface area contributed by atoms with E-state index in [0.29, 0.717) is 0 Å². The minimum Gasteiger partial charge on any atom is -0.225 e. The molecular formula is C6H7ClN2O2S. The zero-order valence-electron chi connectivity index (χ0n) is 6.36.